The van der Waals surface area contributed by atoms with Crippen molar-refractivity contribution in [1.82, 2.24) is 10.3 Å². The molecule has 1 saturated heterocycles. The third-order valence-electron chi connectivity index (χ3n) is 3.78. The maximum absolute atomic E-state index is 12.8. The van der Waals surface area contributed by atoms with Gasteiger partial charge in [-0.3, -0.25) is 14.9 Å². The Bertz CT molecular complexity index is 679. The lowest BCUT2D eigenvalue weighted by atomic mass is 9.97. The molecule has 1 aromatic heterocycles. The Hall–Kier alpha value is -2.36. The van der Waals surface area contributed by atoms with Gasteiger partial charge in [-0.25, -0.2) is 4.98 Å². The van der Waals surface area contributed by atoms with Gasteiger partial charge < -0.3 is 14.8 Å². The number of fused-ring (bicyclic) bond motifs is 1. The first-order valence-corrected chi connectivity index (χ1v) is 6.64. The highest BCUT2D eigenvalue weighted by atomic mass is 19.4. The summed E-state index contributed by atoms with van der Waals surface area (Å²) >= 11 is 0. The van der Waals surface area contributed by atoms with Crippen molar-refractivity contribution in [2.75, 3.05) is 19.0 Å². The van der Waals surface area contributed by atoms with Gasteiger partial charge in [0.2, 0.25) is 5.60 Å². The number of alkyl halides is 3. The van der Waals surface area contributed by atoms with E-state index in [4.69, 9.17) is 4.74 Å². The number of ether oxygens (including phenoxy) is 2. The fourth-order valence-corrected chi connectivity index (χ4v) is 2.57. The average Bonchev–Trinajstić information content (AvgIpc) is 2.91. The molecule has 2 N–H and O–H groups in total. The quantitative estimate of drug-likeness (QED) is 0.737. The molecule has 124 valence electrons. The number of nitrogens with zero attached hydrogens (tertiary/aromatic N) is 1. The fourth-order valence-electron chi connectivity index (χ4n) is 2.57. The molecule has 3 rings (SSSR count). The standard InChI is InChI=1S/C13H12F3N3O4/c1-22-10(20)7-3-12(5-18-7)11(21)19-9-8(23-12)2-6(4-17-9)13(14,15)16/h2,4,7,18H,3,5H2,1H3,(H,17,19,21)/t7?,12-/m1/s1. The Balaban J connectivity index is 1.91. The molecule has 0 aliphatic carbocycles. The smallest absolute Gasteiger partial charge is 0.418 e. The lowest BCUT2D eigenvalue weighted by Gasteiger charge is -2.33. The van der Waals surface area contributed by atoms with Gasteiger partial charge in [0.1, 0.15) is 6.04 Å². The van der Waals surface area contributed by atoms with Crippen LogP contribution in [0.1, 0.15) is 12.0 Å². The summed E-state index contributed by atoms with van der Waals surface area (Å²) in [4.78, 5) is 27.3. The van der Waals surface area contributed by atoms with E-state index in [2.05, 4.69) is 20.4 Å². The molecule has 1 unspecified atom stereocenters. The van der Waals surface area contributed by atoms with Crippen molar-refractivity contribution < 1.29 is 32.2 Å². The van der Waals surface area contributed by atoms with E-state index in [1.165, 1.54) is 7.11 Å². The molecule has 1 spiro atoms. The minimum atomic E-state index is -4.58. The number of pyridine rings is 1. The number of carbonyl (C=O) groups is 2. The van der Waals surface area contributed by atoms with Crippen molar-refractivity contribution in [3.8, 4) is 5.75 Å². The van der Waals surface area contributed by atoms with Crippen molar-refractivity contribution in [2.24, 2.45) is 0 Å². The minimum absolute atomic E-state index is 0.0334. The van der Waals surface area contributed by atoms with E-state index in [0.717, 1.165) is 6.07 Å². The maximum Gasteiger partial charge on any atom is 0.418 e. The van der Waals surface area contributed by atoms with Gasteiger partial charge in [0.25, 0.3) is 5.91 Å². The van der Waals surface area contributed by atoms with Crippen LogP contribution in [0.5, 0.6) is 5.75 Å². The number of hydrogen-bond acceptors (Lipinski definition) is 6. The molecular weight excluding hydrogens is 319 g/mol. The van der Waals surface area contributed by atoms with Gasteiger partial charge in [-0.1, -0.05) is 0 Å². The van der Waals surface area contributed by atoms with Gasteiger partial charge >= 0.3 is 12.1 Å². The number of methoxy groups -OCH3 is 1. The number of amides is 1. The van der Waals surface area contributed by atoms with Crippen molar-refractivity contribution in [3.63, 3.8) is 0 Å². The molecule has 2 atom stereocenters. The first-order chi connectivity index (χ1) is 10.7. The summed E-state index contributed by atoms with van der Waals surface area (Å²) in [6, 6.07) is 0.000641. The molecule has 1 fully saturated rings. The van der Waals surface area contributed by atoms with E-state index in [1.54, 1.807) is 0 Å². The van der Waals surface area contributed by atoms with Crippen LogP contribution < -0.4 is 15.4 Å². The lowest BCUT2D eigenvalue weighted by molar-refractivity contribution is -0.143. The van der Waals surface area contributed by atoms with Crippen LogP contribution >= 0.6 is 0 Å². The summed E-state index contributed by atoms with van der Waals surface area (Å²) in [6.07, 6.45) is -4.02. The molecule has 0 aromatic carbocycles. The Morgan fingerprint density at radius 2 is 2.26 bits per heavy atom. The van der Waals surface area contributed by atoms with Crippen LogP contribution in [0.15, 0.2) is 12.3 Å². The number of hydrogen-bond donors (Lipinski definition) is 2. The molecule has 10 heteroatoms. The first-order valence-electron chi connectivity index (χ1n) is 6.64. The summed E-state index contributed by atoms with van der Waals surface area (Å²) in [6.45, 7) is -0.0334. The molecule has 0 radical (unpaired) electrons. The minimum Gasteiger partial charge on any atom is -0.472 e. The number of rotatable bonds is 1. The number of carbonyl (C=O) groups excluding carboxylic acids is 2. The molecule has 2 aliphatic heterocycles. The predicted octanol–water partition coefficient (Wildman–Crippen LogP) is 0.705. The van der Waals surface area contributed by atoms with Crippen LogP contribution in [-0.4, -0.2) is 42.2 Å². The molecule has 0 bridgehead atoms. The van der Waals surface area contributed by atoms with Gasteiger partial charge in [-0.2, -0.15) is 13.2 Å². The number of nitrogens with one attached hydrogen (secondary N) is 2. The summed E-state index contributed by atoms with van der Waals surface area (Å²) in [5, 5.41) is 5.19. The van der Waals surface area contributed by atoms with Crippen molar-refractivity contribution in [3.05, 3.63) is 17.8 Å². The lowest BCUT2D eigenvalue weighted by Crippen LogP contribution is -2.52. The zero-order valence-electron chi connectivity index (χ0n) is 11.9. The van der Waals surface area contributed by atoms with E-state index >= 15 is 0 Å². The molecule has 23 heavy (non-hydrogen) atoms. The summed E-state index contributed by atoms with van der Waals surface area (Å²) < 4.78 is 48.4. The number of anilines is 1. The molecular formula is C13H12F3N3O4. The topological polar surface area (TPSA) is 89.6 Å². The third-order valence-corrected chi connectivity index (χ3v) is 3.78. The molecule has 1 aromatic rings. The van der Waals surface area contributed by atoms with Crippen molar-refractivity contribution in [1.29, 1.82) is 0 Å². The second kappa shape index (κ2) is 5.08. The highest BCUT2D eigenvalue weighted by Crippen LogP contribution is 2.39. The van der Waals surface area contributed by atoms with E-state index in [-0.39, 0.29) is 24.5 Å². The van der Waals surface area contributed by atoms with E-state index in [9.17, 15) is 22.8 Å². The van der Waals surface area contributed by atoms with Gasteiger partial charge in [-0.05, 0) is 6.07 Å². The zero-order valence-corrected chi connectivity index (χ0v) is 11.9. The second-order valence-corrected chi connectivity index (χ2v) is 5.28. The van der Waals surface area contributed by atoms with Crippen LogP contribution in [0, 0.1) is 0 Å². The van der Waals surface area contributed by atoms with Gasteiger partial charge in [0, 0.05) is 19.2 Å². The molecule has 2 aliphatic rings. The highest BCUT2D eigenvalue weighted by Gasteiger charge is 2.53. The molecule has 1 amide bonds. The summed E-state index contributed by atoms with van der Waals surface area (Å²) in [5.41, 5.74) is -2.46. The number of halogens is 3. The monoisotopic (exact) mass is 331 g/mol. The summed E-state index contributed by atoms with van der Waals surface area (Å²) in [7, 11) is 1.20. The van der Waals surface area contributed by atoms with E-state index in [0.29, 0.717) is 6.20 Å². The van der Waals surface area contributed by atoms with Crippen molar-refractivity contribution >= 4 is 17.7 Å². The summed E-state index contributed by atoms with van der Waals surface area (Å²) in [5.74, 6) is -1.43. The van der Waals surface area contributed by atoms with Gasteiger partial charge in [0.15, 0.2) is 11.6 Å². The van der Waals surface area contributed by atoms with Gasteiger partial charge in [-0.15, -0.1) is 0 Å². The Kier molecular flexibility index (Phi) is 3.43. The van der Waals surface area contributed by atoms with Gasteiger partial charge in [0.05, 0.1) is 12.7 Å². The van der Waals surface area contributed by atoms with E-state index < -0.39 is 35.3 Å². The fraction of sp³-hybridized carbons (Fsp3) is 0.462. The number of aromatic nitrogens is 1. The van der Waals surface area contributed by atoms with Crippen LogP contribution in [-0.2, 0) is 20.5 Å². The highest BCUT2D eigenvalue weighted by molar-refractivity contribution is 6.01. The van der Waals surface area contributed by atoms with Crippen molar-refractivity contribution in [2.45, 2.75) is 24.2 Å². The van der Waals surface area contributed by atoms with E-state index in [1.807, 2.05) is 0 Å². The van der Waals surface area contributed by atoms with Crippen LogP contribution in [0.3, 0.4) is 0 Å². The first kappa shape index (κ1) is 15.5. The Labute approximate surface area is 128 Å². The Morgan fingerprint density at radius 1 is 1.52 bits per heavy atom. The Morgan fingerprint density at radius 3 is 2.91 bits per heavy atom. The average molecular weight is 331 g/mol. The predicted molar refractivity (Wildman–Crippen MR) is 69.7 cm³/mol. The normalized spacial score (nSPS) is 26.4. The zero-order chi connectivity index (χ0) is 16.8. The number of esters is 1. The second-order valence-electron chi connectivity index (χ2n) is 5.28. The maximum atomic E-state index is 12.8. The third kappa shape index (κ3) is 2.58. The molecule has 3 heterocycles. The SMILES string of the molecule is COC(=O)C1C[C@]2(CN1)Oc1cc(C(F)(F)F)cnc1NC2=O. The van der Waals surface area contributed by atoms with Crippen LogP contribution in [0.2, 0.25) is 0 Å². The van der Waals surface area contributed by atoms with Crippen LogP contribution in [0.25, 0.3) is 0 Å². The molecule has 7 nitrogen and oxygen atoms in total. The molecule has 0 saturated carbocycles. The largest absolute Gasteiger partial charge is 0.472 e. The van der Waals surface area contributed by atoms with Crippen LogP contribution in [0.4, 0.5) is 19.0 Å².